The molecule has 1 fully saturated rings. The first-order valence-electron chi connectivity index (χ1n) is 15.9. The van der Waals surface area contributed by atoms with Crippen LogP contribution in [0.5, 0.6) is 0 Å². The van der Waals surface area contributed by atoms with E-state index in [4.69, 9.17) is 18.9 Å². The van der Waals surface area contributed by atoms with Gasteiger partial charge in [-0.2, -0.15) is 0 Å². The fourth-order valence-electron chi connectivity index (χ4n) is 5.34. The Hall–Kier alpha value is -3.36. The van der Waals surface area contributed by atoms with E-state index < -0.39 is 0 Å². The van der Waals surface area contributed by atoms with Crippen molar-refractivity contribution in [2.75, 3.05) is 79.0 Å². The van der Waals surface area contributed by atoms with Crippen LogP contribution in [0.25, 0.3) is 22.3 Å². The van der Waals surface area contributed by atoms with Crippen LogP contribution in [0, 0.1) is 0 Å². The molecular formula is C38H46N2O4. The second-order valence-electron chi connectivity index (χ2n) is 11.1. The van der Waals surface area contributed by atoms with E-state index in [-0.39, 0.29) is 0 Å². The summed E-state index contributed by atoms with van der Waals surface area (Å²) >= 11 is 0. The molecule has 1 aliphatic rings. The Morgan fingerprint density at radius 1 is 0.341 bits per heavy atom. The highest BCUT2D eigenvalue weighted by Gasteiger charge is 2.10. The maximum absolute atomic E-state index is 5.95. The van der Waals surface area contributed by atoms with Gasteiger partial charge in [-0.05, 0) is 33.4 Å². The lowest BCUT2D eigenvalue weighted by Gasteiger charge is -2.24. The highest BCUT2D eigenvalue weighted by Crippen LogP contribution is 2.21. The Bertz CT molecular complexity index is 1190. The number of benzene rings is 4. The van der Waals surface area contributed by atoms with Crippen LogP contribution in [0.3, 0.4) is 0 Å². The van der Waals surface area contributed by atoms with E-state index in [2.05, 4.69) is 119 Å². The van der Waals surface area contributed by atoms with Gasteiger partial charge in [0.15, 0.2) is 0 Å². The minimum atomic E-state index is 0.597. The Labute approximate surface area is 263 Å². The molecule has 0 radical (unpaired) electrons. The van der Waals surface area contributed by atoms with Crippen LogP contribution < -0.4 is 0 Å². The summed E-state index contributed by atoms with van der Waals surface area (Å²) in [4.78, 5) is 4.79. The van der Waals surface area contributed by atoms with Gasteiger partial charge >= 0.3 is 0 Å². The molecule has 0 atom stereocenters. The number of rotatable bonds is 6. The highest BCUT2D eigenvalue weighted by molar-refractivity contribution is 5.64. The molecule has 0 amide bonds. The van der Waals surface area contributed by atoms with Crippen molar-refractivity contribution in [3.8, 4) is 22.3 Å². The van der Waals surface area contributed by atoms with Gasteiger partial charge in [0.2, 0.25) is 0 Å². The SMILES string of the molecule is c1ccc(-c2ccc(CN3CCOCCOCCN(Cc4ccc(-c5ccccc5)cc4)CCOCCOCC3)cc2)cc1. The van der Waals surface area contributed by atoms with Crippen LogP contribution in [0.1, 0.15) is 11.1 Å². The van der Waals surface area contributed by atoms with E-state index in [0.29, 0.717) is 52.9 Å². The van der Waals surface area contributed by atoms with Crippen LogP contribution in [-0.2, 0) is 32.0 Å². The van der Waals surface area contributed by atoms with Crippen molar-refractivity contribution in [3.05, 3.63) is 120 Å². The number of hydrogen-bond donors (Lipinski definition) is 0. The third-order valence-electron chi connectivity index (χ3n) is 7.89. The normalized spacial score (nSPS) is 17.5. The van der Waals surface area contributed by atoms with Gasteiger partial charge in [-0.3, -0.25) is 9.80 Å². The summed E-state index contributed by atoms with van der Waals surface area (Å²) in [5.74, 6) is 0. The van der Waals surface area contributed by atoms with Crippen molar-refractivity contribution in [2.24, 2.45) is 0 Å². The van der Waals surface area contributed by atoms with Crippen LogP contribution in [0.4, 0.5) is 0 Å². The highest BCUT2D eigenvalue weighted by atomic mass is 16.5. The number of hydrogen-bond acceptors (Lipinski definition) is 6. The van der Waals surface area contributed by atoms with Gasteiger partial charge in [0.25, 0.3) is 0 Å². The maximum Gasteiger partial charge on any atom is 0.0701 e. The molecule has 1 aliphatic heterocycles. The lowest BCUT2D eigenvalue weighted by atomic mass is 10.0. The lowest BCUT2D eigenvalue weighted by molar-refractivity contribution is 0.00624. The summed E-state index contributed by atoms with van der Waals surface area (Å²) in [6.45, 7) is 10.2. The summed E-state index contributed by atoms with van der Waals surface area (Å²) < 4.78 is 23.8. The number of ether oxygens (including phenoxy) is 4. The molecule has 6 heteroatoms. The van der Waals surface area contributed by atoms with Crippen LogP contribution in [0.2, 0.25) is 0 Å². The largest absolute Gasteiger partial charge is 0.378 e. The Morgan fingerprint density at radius 3 is 0.955 bits per heavy atom. The quantitative estimate of drug-likeness (QED) is 0.257. The molecule has 0 aromatic heterocycles. The Balaban J connectivity index is 1.07. The molecule has 0 bridgehead atoms. The minimum absolute atomic E-state index is 0.597. The third-order valence-corrected chi connectivity index (χ3v) is 7.89. The smallest absolute Gasteiger partial charge is 0.0701 e. The molecule has 0 spiro atoms. The van der Waals surface area contributed by atoms with Crippen molar-refractivity contribution in [3.63, 3.8) is 0 Å². The molecular weight excluding hydrogens is 548 g/mol. The Kier molecular flexibility index (Phi) is 13.4. The summed E-state index contributed by atoms with van der Waals surface area (Å²) in [6, 6.07) is 38.7. The zero-order valence-corrected chi connectivity index (χ0v) is 25.8. The van der Waals surface area contributed by atoms with E-state index in [1.165, 1.54) is 33.4 Å². The molecule has 0 saturated carbocycles. The number of nitrogens with zero attached hydrogens (tertiary/aromatic N) is 2. The van der Waals surface area contributed by atoms with Crippen molar-refractivity contribution in [2.45, 2.75) is 13.1 Å². The molecule has 6 nitrogen and oxygen atoms in total. The predicted octanol–water partition coefficient (Wildman–Crippen LogP) is 6.40. The van der Waals surface area contributed by atoms with E-state index in [1.807, 2.05) is 0 Å². The van der Waals surface area contributed by atoms with Crippen molar-refractivity contribution < 1.29 is 18.9 Å². The van der Waals surface area contributed by atoms with Gasteiger partial charge in [-0.1, -0.05) is 109 Å². The van der Waals surface area contributed by atoms with Gasteiger partial charge < -0.3 is 18.9 Å². The molecule has 0 N–H and O–H groups in total. The van der Waals surface area contributed by atoms with Crippen molar-refractivity contribution >= 4 is 0 Å². The lowest BCUT2D eigenvalue weighted by Crippen LogP contribution is -2.32. The summed E-state index contributed by atoms with van der Waals surface area (Å²) in [5.41, 5.74) is 7.53. The van der Waals surface area contributed by atoms with Gasteiger partial charge in [0.05, 0.1) is 52.9 Å². The summed E-state index contributed by atoms with van der Waals surface area (Å²) in [6.07, 6.45) is 0. The van der Waals surface area contributed by atoms with E-state index >= 15 is 0 Å². The topological polar surface area (TPSA) is 43.4 Å². The average molecular weight is 595 g/mol. The fraction of sp³-hybridized carbons (Fsp3) is 0.368. The molecule has 1 heterocycles. The van der Waals surface area contributed by atoms with Crippen molar-refractivity contribution in [1.29, 1.82) is 0 Å². The molecule has 0 unspecified atom stereocenters. The van der Waals surface area contributed by atoms with Crippen molar-refractivity contribution in [1.82, 2.24) is 9.80 Å². The summed E-state index contributed by atoms with van der Waals surface area (Å²) in [7, 11) is 0. The standard InChI is InChI=1S/C38H46N2O4/c1-3-7-35(8-4-1)37-15-11-33(12-16-37)31-39-19-23-41-27-29-43-25-21-40(22-26-44-30-28-42-24-20-39)32-34-13-17-38(18-14-34)36-9-5-2-6-10-36/h1-18H,19-32H2. The zero-order chi connectivity index (χ0) is 30.1. The molecule has 0 aliphatic carbocycles. The van der Waals surface area contributed by atoms with Gasteiger partial charge in [-0.15, -0.1) is 0 Å². The minimum Gasteiger partial charge on any atom is -0.378 e. The van der Waals surface area contributed by atoms with E-state index in [0.717, 1.165) is 39.3 Å². The second-order valence-corrected chi connectivity index (χ2v) is 11.1. The average Bonchev–Trinajstić information content (AvgIpc) is 3.08. The molecule has 4 aromatic rings. The second kappa shape index (κ2) is 18.4. The molecule has 232 valence electrons. The van der Waals surface area contributed by atoms with Gasteiger partial charge in [0.1, 0.15) is 0 Å². The third kappa shape index (κ3) is 11.0. The molecule has 5 rings (SSSR count). The molecule has 4 aromatic carbocycles. The predicted molar refractivity (Wildman–Crippen MR) is 178 cm³/mol. The fourth-order valence-corrected chi connectivity index (χ4v) is 5.34. The van der Waals surface area contributed by atoms with E-state index in [1.54, 1.807) is 0 Å². The molecule has 1 saturated heterocycles. The van der Waals surface area contributed by atoms with Gasteiger partial charge in [-0.25, -0.2) is 0 Å². The van der Waals surface area contributed by atoms with Crippen LogP contribution in [-0.4, -0.2) is 88.8 Å². The zero-order valence-electron chi connectivity index (χ0n) is 25.8. The van der Waals surface area contributed by atoms with Gasteiger partial charge in [0, 0.05) is 39.3 Å². The first-order chi connectivity index (χ1) is 21.8. The van der Waals surface area contributed by atoms with E-state index in [9.17, 15) is 0 Å². The molecule has 44 heavy (non-hydrogen) atoms. The first kappa shape index (κ1) is 32.0. The van der Waals surface area contributed by atoms with Crippen LogP contribution >= 0.6 is 0 Å². The van der Waals surface area contributed by atoms with Crippen LogP contribution in [0.15, 0.2) is 109 Å². The first-order valence-corrected chi connectivity index (χ1v) is 15.9. The summed E-state index contributed by atoms with van der Waals surface area (Å²) in [5, 5.41) is 0. The maximum atomic E-state index is 5.95. The monoisotopic (exact) mass is 594 g/mol. The Morgan fingerprint density at radius 2 is 0.636 bits per heavy atom.